The van der Waals surface area contributed by atoms with Gasteiger partial charge >= 0.3 is 0 Å². The molecule has 0 aliphatic heterocycles. The Morgan fingerprint density at radius 2 is 2.15 bits per heavy atom. The van der Waals surface area contributed by atoms with Crippen molar-refractivity contribution in [3.63, 3.8) is 0 Å². The minimum Gasteiger partial charge on any atom is -0.286 e. The van der Waals surface area contributed by atoms with Crippen molar-refractivity contribution in [1.29, 1.82) is 0 Å². The number of carbonyl (C=O) groups excluding carboxylic acids is 1. The Hall–Kier alpha value is -1.63. The molecule has 0 saturated heterocycles. The van der Waals surface area contributed by atoms with Gasteiger partial charge in [-0.1, -0.05) is 36.4 Å². The summed E-state index contributed by atoms with van der Waals surface area (Å²) in [5, 5.41) is 0. The smallest absolute Gasteiger partial charge is 0.225 e. The van der Waals surface area contributed by atoms with E-state index in [2.05, 4.69) is 6.58 Å². The lowest BCUT2D eigenvalue weighted by atomic mass is 10.0. The number of hydrogen-bond donors (Lipinski definition) is 0. The molecule has 0 unspecified atom stereocenters. The quantitative estimate of drug-likeness (QED) is 0.502. The van der Waals surface area contributed by atoms with Crippen LogP contribution in [0.2, 0.25) is 0 Å². The second kappa shape index (κ2) is 5.09. The molecule has 0 heterocycles. The first-order chi connectivity index (χ1) is 6.38. The Labute approximate surface area is 78.4 Å². The van der Waals surface area contributed by atoms with Crippen LogP contribution in [0.1, 0.15) is 11.1 Å². The first-order valence-electron chi connectivity index (χ1n) is 4.11. The summed E-state index contributed by atoms with van der Waals surface area (Å²) in [6.45, 7) is 3.68. The van der Waals surface area contributed by atoms with Crippen LogP contribution in [0.25, 0.3) is 6.08 Å². The third-order valence-corrected chi connectivity index (χ3v) is 1.75. The zero-order chi connectivity index (χ0) is 9.52. The van der Waals surface area contributed by atoms with Crippen molar-refractivity contribution in [3.8, 4) is 0 Å². The Morgan fingerprint density at radius 1 is 1.38 bits per heavy atom. The largest absolute Gasteiger partial charge is 0.286 e. The third kappa shape index (κ3) is 2.71. The number of hydrogen-bond acceptors (Lipinski definition) is 1. The van der Waals surface area contributed by atoms with Gasteiger partial charge in [-0.3, -0.25) is 4.79 Å². The maximum atomic E-state index is 10.0. The van der Waals surface area contributed by atoms with Gasteiger partial charge in [0.1, 0.15) is 0 Å². The maximum absolute atomic E-state index is 10.0. The molecule has 0 aromatic heterocycles. The highest BCUT2D eigenvalue weighted by Crippen LogP contribution is 2.11. The summed E-state index contributed by atoms with van der Waals surface area (Å²) in [5.41, 5.74) is 2.22. The lowest BCUT2D eigenvalue weighted by molar-refractivity contribution is 0.564. The van der Waals surface area contributed by atoms with Gasteiger partial charge in [-0.2, -0.15) is 0 Å². The molecule has 0 fully saturated rings. The molecular weight excluding hydrogens is 160 g/mol. The molecule has 0 N–H and O–H groups in total. The van der Waals surface area contributed by atoms with Gasteiger partial charge in [-0.25, -0.2) is 0 Å². The monoisotopic (exact) mass is 171 g/mol. The van der Waals surface area contributed by atoms with Crippen molar-refractivity contribution >= 4 is 12.4 Å². The van der Waals surface area contributed by atoms with Crippen molar-refractivity contribution in [2.75, 3.05) is 0 Å². The molecule has 0 amide bonds. The molecule has 0 saturated carbocycles. The molecule has 0 aliphatic carbocycles. The maximum Gasteiger partial charge on any atom is 0.225 e. The molecule has 13 heavy (non-hydrogen) atoms. The second-order valence-corrected chi connectivity index (χ2v) is 2.64. The highest BCUT2D eigenvalue weighted by Gasteiger charge is 1.94. The standard InChI is InChI=1S/C12H11O/c1-2-6-11-7-3-4-8-12(11)9-5-10-13/h2-5,7-9H,1,6H2/b9-5+. The van der Waals surface area contributed by atoms with Crippen LogP contribution in [0, 0.1) is 0 Å². The van der Waals surface area contributed by atoms with Gasteiger partial charge in [0.2, 0.25) is 6.29 Å². The summed E-state index contributed by atoms with van der Waals surface area (Å²) in [7, 11) is 0. The average Bonchev–Trinajstić information content (AvgIpc) is 2.17. The summed E-state index contributed by atoms with van der Waals surface area (Å²) < 4.78 is 0. The molecule has 1 radical (unpaired) electrons. The van der Waals surface area contributed by atoms with Crippen LogP contribution in [-0.4, -0.2) is 6.29 Å². The first kappa shape index (κ1) is 9.46. The van der Waals surface area contributed by atoms with E-state index in [0.29, 0.717) is 0 Å². The summed E-state index contributed by atoms with van der Waals surface area (Å²) in [6.07, 6.45) is 7.53. The minimum absolute atomic E-state index is 0.819. The van der Waals surface area contributed by atoms with Gasteiger partial charge in [-0.05, 0) is 23.6 Å². The fourth-order valence-corrected chi connectivity index (χ4v) is 1.16. The number of rotatable bonds is 4. The van der Waals surface area contributed by atoms with Crippen LogP contribution in [0.3, 0.4) is 0 Å². The Bertz CT molecular complexity index is 324. The lowest BCUT2D eigenvalue weighted by Crippen LogP contribution is -1.85. The highest BCUT2D eigenvalue weighted by molar-refractivity contribution is 5.75. The Kier molecular flexibility index (Phi) is 3.71. The molecule has 1 aromatic rings. The van der Waals surface area contributed by atoms with Gasteiger partial charge in [0.15, 0.2) is 0 Å². The highest BCUT2D eigenvalue weighted by atomic mass is 16.1. The van der Waals surface area contributed by atoms with E-state index in [1.165, 1.54) is 11.6 Å². The average molecular weight is 171 g/mol. The van der Waals surface area contributed by atoms with Gasteiger partial charge in [0.05, 0.1) is 0 Å². The molecule has 1 nitrogen and oxygen atoms in total. The Morgan fingerprint density at radius 3 is 2.85 bits per heavy atom. The van der Waals surface area contributed by atoms with Gasteiger partial charge in [0, 0.05) is 0 Å². The van der Waals surface area contributed by atoms with Crippen molar-refractivity contribution in [1.82, 2.24) is 0 Å². The van der Waals surface area contributed by atoms with Crippen LogP contribution >= 0.6 is 0 Å². The molecule has 65 valence electrons. The molecule has 0 aliphatic rings. The third-order valence-electron chi connectivity index (χ3n) is 1.75. The number of allylic oxidation sites excluding steroid dienone is 2. The van der Waals surface area contributed by atoms with E-state index in [0.717, 1.165) is 12.0 Å². The molecule has 1 rings (SSSR count). The van der Waals surface area contributed by atoms with Crippen molar-refractivity contribution in [2.45, 2.75) is 6.42 Å². The Balaban J connectivity index is 2.96. The molecule has 0 spiro atoms. The zero-order valence-electron chi connectivity index (χ0n) is 7.36. The van der Waals surface area contributed by atoms with Crippen molar-refractivity contribution in [2.24, 2.45) is 0 Å². The summed E-state index contributed by atoms with van der Waals surface area (Å²) >= 11 is 0. The molecular formula is C12H11O. The molecule has 1 aromatic carbocycles. The van der Waals surface area contributed by atoms with Gasteiger partial charge in [0.25, 0.3) is 0 Å². The van der Waals surface area contributed by atoms with E-state index in [4.69, 9.17) is 0 Å². The lowest BCUT2D eigenvalue weighted by Gasteiger charge is -2.01. The van der Waals surface area contributed by atoms with Crippen LogP contribution in [0.5, 0.6) is 0 Å². The van der Waals surface area contributed by atoms with Crippen molar-refractivity contribution in [3.05, 3.63) is 54.1 Å². The summed E-state index contributed by atoms with van der Waals surface area (Å²) in [4.78, 5) is 10.0. The number of benzene rings is 1. The fourth-order valence-electron chi connectivity index (χ4n) is 1.16. The zero-order valence-corrected chi connectivity index (χ0v) is 7.36. The summed E-state index contributed by atoms with van der Waals surface area (Å²) in [5.74, 6) is 0. The molecule has 1 heteroatoms. The predicted molar refractivity (Wildman–Crippen MR) is 55.1 cm³/mol. The van der Waals surface area contributed by atoms with Crippen LogP contribution in [-0.2, 0) is 11.2 Å². The topological polar surface area (TPSA) is 17.1 Å². The van der Waals surface area contributed by atoms with Crippen LogP contribution < -0.4 is 0 Å². The SMILES string of the molecule is C=CCc1ccccc1/C=C/[C]=O. The molecule has 0 bridgehead atoms. The minimum atomic E-state index is 0.819. The predicted octanol–water partition coefficient (Wildman–Crippen LogP) is 2.54. The van der Waals surface area contributed by atoms with E-state index in [1.807, 2.05) is 30.3 Å². The van der Waals surface area contributed by atoms with Gasteiger partial charge < -0.3 is 0 Å². The van der Waals surface area contributed by atoms with E-state index in [-0.39, 0.29) is 0 Å². The fraction of sp³-hybridized carbons (Fsp3) is 0.0833. The molecule has 0 atom stereocenters. The van der Waals surface area contributed by atoms with Crippen LogP contribution in [0.4, 0.5) is 0 Å². The van der Waals surface area contributed by atoms with E-state index < -0.39 is 0 Å². The van der Waals surface area contributed by atoms with Crippen molar-refractivity contribution < 1.29 is 4.79 Å². The van der Waals surface area contributed by atoms with E-state index in [1.54, 1.807) is 12.4 Å². The second-order valence-electron chi connectivity index (χ2n) is 2.64. The van der Waals surface area contributed by atoms with E-state index in [9.17, 15) is 4.79 Å². The summed E-state index contributed by atoms with van der Waals surface area (Å²) in [6, 6.07) is 7.90. The first-order valence-corrected chi connectivity index (χ1v) is 4.11. The van der Waals surface area contributed by atoms with E-state index >= 15 is 0 Å². The normalized spacial score (nSPS) is 10.2. The van der Waals surface area contributed by atoms with Gasteiger partial charge in [-0.15, -0.1) is 6.58 Å². The van der Waals surface area contributed by atoms with Crippen LogP contribution in [0.15, 0.2) is 43.0 Å².